The van der Waals surface area contributed by atoms with E-state index in [2.05, 4.69) is 12.2 Å². The largest absolute Gasteiger partial charge is 0.308 e. The quantitative estimate of drug-likeness (QED) is 0.509. The monoisotopic (exact) mass is 117 g/mol. The lowest BCUT2D eigenvalue weighted by molar-refractivity contribution is 0.682. The predicted molar refractivity (Wildman–Crippen MR) is 34.5 cm³/mol. The van der Waals surface area contributed by atoms with E-state index < -0.39 is 0 Å². The first-order chi connectivity index (χ1) is 3.39. The van der Waals surface area contributed by atoms with Gasteiger partial charge in [-0.2, -0.15) is 0 Å². The van der Waals surface area contributed by atoms with E-state index in [0.717, 1.165) is 11.1 Å². The molecule has 0 unspecified atom stereocenters. The second kappa shape index (κ2) is 2.58. The van der Waals surface area contributed by atoms with Crippen LogP contribution in [0.1, 0.15) is 13.3 Å². The summed E-state index contributed by atoms with van der Waals surface area (Å²) in [6, 6.07) is 0. The average Bonchev–Trinajstić information content (AvgIpc) is 1.69. The van der Waals surface area contributed by atoms with Crippen LogP contribution in [0.3, 0.4) is 0 Å². The Kier molecular flexibility index (Phi) is 2.00. The van der Waals surface area contributed by atoms with E-state index in [4.69, 9.17) is 0 Å². The third kappa shape index (κ3) is 1.70. The molecule has 0 spiro atoms. The molecule has 1 atom stereocenters. The molecule has 0 aromatic carbocycles. The van der Waals surface area contributed by atoms with Crippen molar-refractivity contribution >= 4 is 11.8 Å². The number of hydrogen-bond acceptors (Lipinski definition) is 2. The van der Waals surface area contributed by atoms with Crippen molar-refractivity contribution in [2.45, 2.75) is 18.6 Å². The van der Waals surface area contributed by atoms with Gasteiger partial charge in [0.25, 0.3) is 0 Å². The zero-order valence-corrected chi connectivity index (χ0v) is 5.42. The molecule has 1 aliphatic rings. The van der Waals surface area contributed by atoms with E-state index in [-0.39, 0.29) is 0 Å². The van der Waals surface area contributed by atoms with Gasteiger partial charge in [-0.1, -0.05) is 6.92 Å². The molecule has 0 aliphatic carbocycles. The Labute approximate surface area is 48.9 Å². The van der Waals surface area contributed by atoms with Gasteiger partial charge < -0.3 is 5.32 Å². The fraction of sp³-hybridized carbons (Fsp3) is 1.00. The van der Waals surface area contributed by atoms with E-state index in [0.29, 0.717) is 0 Å². The molecule has 1 aliphatic heterocycles. The Morgan fingerprint density at radius 2 is 2.57 bits per heavy atom. The molecule has 0 aromatic heterocycles. The lowest BCUT2D eigenvalue weighted by atomic mass is 10.3. The second-order valence-corrected chi connectivity index (χ2v) is 3.34. The SMILES string of the molecule is C[C@H]1CCNCS1. The molecular weight excluding hydrogens is 106 g/mol. The van der Waals surface area contributed by atoms with Crippen molar-refractivity contribution in [2.75, 3.05) is 12.4 Å². The van der Waals surface area contributed by atoms with Crippen molar-refractivity contribution in [3.8, 4) is 0 Å². The molecule has 2 heteroatoms. The fourth-order valence-corrected chi connectivity index (χ4v) is 1.49. The maximum Gasteiger partial charge on any atom is 0.0420 e. The van der Waals surface area contributed by atoms with Crippen LogP contribution in [0.5, 0.6) is 0 Å². The van der Waals surface area contributed by atoms with E-state index in [9.17, 15) is 0 Å². The summed E-state index contributed by atoms with van der Waals surface area (Å²) in [6.45, 7) is 3.50. The fourth-order valence-electron chi connectivity index (χ4n) is 0.662. The van der Waals surface area contributed by atoms with Crippen LogP contribution in [0.4, 0.5) is 0 Å². The van der Waals surface area contributed by atoms with Crippen LogP contribution in [0.15, 0.2) is 0 Å². The molecule has 1 rings (SSSR count). The third-order valence-corrected chi connectivity index (χ3v) is 2.37. The lowest BCUT2D eigenvalue weighted by Crippen LogP contribution is -2.24. The maximum absolute atomic E-state index is 3.28. The van der Waals surface area contributed by atoms with Gasteiger partial charge in [0.15, 0.2) is 0 Å². The minimum absolute atomic E-state index is 0.890. The Morgan fingerprint density at radius 3 is 2.86 bits per heavy atom. The molecule has 0 aromatic rings. The maximum atomic E-state index is 3.28. The molecule has 7 heavy (non-hydrogen) atoms. The van der Waals surface area contributed by atoms with Crippen LogP contribution < -0.4 is 5.32 Å². The predicted octanol–water partition coefficient (Wildman–Crippen LogP) is 1.06. The van der Waals surface area contributed by atoms with E-state index in [1.54, 1.807) is 0 Å². The van der Waals surface area contributed by atoms with Gasteiger partial charge in [0.2, 0.25) is 0 Å². The molecule has 0 amide bonds. The highest BCUT2D eigenvalue weighted by Crippen LogP contribution is 2.14. The molecule has 1 heterocycles. The van der Waals surface area contributed by atoms with Gasteiger partial charge >= 0.3 is 0 Å². The van der Waals surface area contributed by atoms with E-state index >= 15 is 0 Å². The van der Waals surface area contributed by atoms with Gasteiger partial charge in [-0.25, -0.2) is 0 Å². The second-order valence-electron chi connectivity index (χ2n) is 1.91. The highest BCUT2D eigenvalue weighted by atomic mass is 32.2. The molecule has 1 N–H and O–H groups in total. The summed E-state index contributed by atoms with van der Waals surface area (Å²) in [5.74, 6) is 1.15. The topological polar surface area (TPSA) is 12.0 Å². The summed E-state index contributed by atoms with van der Waals surface area (Å²) in [7, 11) is 0. The summed E-state index contributed by atoms with van der Waals surface area (Å²) < 4.78 is 0. The van der Waals surface area contributed by atoms with Crippen molar-refractivity contribution in [1.29, 1.82) is 0 Å². The van der Waals surface area contributed by atoms with Gasteiger partial charge in [0, 0.05) is 11.1 Å². The minimum Gasteiger partial charge on any atom is -0.308 e. The third-order valence-electron chi connectivity index (χ3n) is 1.20. The number of nitrogens with one attached hydrogen (secondary N) is 1. The van der Waals surface area contributed by atoms with Crippen LogP contribution in [-0.4, -0.2) is 17.7 Å². The van der Waals surface area contributed by atoms with Gasteiger partial charge in [-0.3, -0.25) is 0 Å². The van der Waals surface area contributed by atoms with Gasteiger partial charge in [0.1, 0.15) is 0 Å². The minimum atomic E-state index is 0.890. The van der Waals surface area contributed by atoms with Crippen molar-refractivity contribution < 1.29 is 0 Å². The number of hydrogen-bond donors (Lipinski definition) is 1. The van der Waals surface area contributed by atoms with Gasteiger partial charge in [0.05, 0.1) is 0 Å². The van der Waals surface area contributed by atoms with Gasteiger partial charge in [-0.05, 0) is 13.0 Å². The number of rotatable bonds is 0. The Balaban J connectivity index is 2.12. The van der Waals surface area contributed by atoms with E-state index in [1.807, 2.05) is 11.8 Å². The Bertz CT molecular complexity index is 50.0. The Hall–Kier alpha value is 0.310. The van der Waals surface area contributed by atoms with Crippen molar-refractivity contribution in [3.05, 3.63) is 0 Å². The molecular formula is C5H11NS. The number of thioether (sulfide) groups is 1. The zero-order chi connectivity index (χ0) is 5.11. The van der Waals surface area contributed by atoms with E-state index in [1.165, 1.54) is 13.0 Å². The first-order valence-electron chi connectivity index (χ1n) is 2.72. The summed E-state index contributed by atoms with van der Waals surface area (Å²) >= 11 is 2.01. The van der Waals surface area contributed by atoms with Crippen LogP contribution >= 0.6 is 11.8 Å². The van der Waals surface area contributed by atoms with Crippen LogP contribution in [0.25, 0.3) is 0 Å². The molecule has 0 radical (unpaired) electrons. The van der Waals surface area contributed by atoms with Crippen LogP contribution in [0, 0.1) is 0 Å². The molecule has 1 saturated heterocycles. The smallest absolute Gasteiger partial charge is 0.0420 e. The Morgan fingerprint density at radius 1 is 1.71 bits per heavy atom. The molecule has 1 fully saturated rings. The first-order valence-corrected chi connectivity index (χ1v) is 3.77. The molecule has 42 valence electrons. The highest BCUT2D eigenvalue weighted by molar-refractivity contribution is 7.99. The van der Waals surface area contributed by atoms with Crippen molar-refractivity contribution in [3.63, 3.8) is 0 Å². The zero-order valence-electron chi connectivity index (χ0n) is 4.61. The summed E-state index contributed by atoms with van der Waals surface area (Å²) in [6.07, 6.45) is 1.34. The van der Waals surface area contributed by atoms with Crippen LogP contribution in [0.2, 0.25) is 0 Å². The standard InChI is InChI=1S/C5H11NS/c1-5-2-3-6-4-7-5/h5-6H,2-4H2,1H3/t5-/m0/s1. The van der Waals surface area contributed by atoms with Crippen molar-refractivity contribution in [2.24, 2.45) is 0 Å². The highest BCUT2D eigenvalue weighted by Gasteiger charge is 2.05. The molecule has 0 bridgehead atoms. The van der Waals surface area contributed by atoms with Crippen molar-refractivity contribution in [1.82, 2.24) is 5.32 Å². The molecule has 1 nitrogen and oxygen atoms in total. The first kappa shape index (κ1) is 5.45. The van der Waals surface area contributed by atoms with Gasteiger partial charge in [-0.15, -0.1) is 11.8 Å². The summed E-state index contributed by atoms with van der Waals surface area (Å²) in [5.41, 5.74) is 0. The lowest BCUT2D eigenvalue weighted by Gasteiger charge is -2.17. The average molecular weight is 117 g/mol. The molecule has 0 saturated carbocycles. The van der Waals surface area contributed by atoms with Crippen LogP contribution in [-0.2, 0) is 0 Å². The summed E-state index contributed by atoms with van der Waals surface area (Å²) in [5, 5.41) is 4.17. The summed E-state index contributed by atoms with van der Waals surface area (Å²) in [4.78, 5) is 0. The normalized spacial score (nSPS) is 33.0.